The van der Waals surface area contributed by atoms with Crippen molar-refractivity contribution in [2.24, 2.45) is 0 Å². The van der Waals surface area contributed by atoms with Gasteiger partial charge >= 0.3 is 0 Å². The Balaban J connectivity index is 1.29. The third-order valence-electron chi connectivity index (χ3n) is 6.34. The van der Waals surface area contributed by atoms with Gasteiger partial charge in [-0.05, 0) is 55.3 Å². The highest BCUT2D eigenvalue weighted by atomic mass is 16.7. The van der Waals surface area contributed by atoms with Crippen LogP contribution in [0.2, 0.25) is 0 Å². The summed E-state index contributed by atoms with van der Waals surface area (Å²) in [5.41, 5.74) is 4.22. The summed E-state index contributed by atoms with van der Waals surface area (Å²) >= 11 is 0. The summed E-state index contributed by atoms with van der Waals surface area (Å²) in [6, 6.07) is 15.5. The van der Waals surface area contributed by atoms with Crippen LogP contribution in [0.4, 0.5) is 0 Å². The predicted octanol–water partition coefficient (Wildman–Crippen LogP) is 5.09. The molecular weight excluding hydrogens is 446 g/mol. The molecule has 3 aromatic carbocycles. The lowest BCUT2D eigenvalue weighted by Crippen LogP contribution is -2.31. The molecule has 7 heteroatoms. The van der Waals surface area contributed by atoms with Gasteiger partial charge in [-0.2, -0.15) is 0 Å². The van der Waals surface area contributed by atoms with E-state index in [1.54, 1.807) is 6.08 Å². The van der Waals surface area contributed by atoms with Crippen molar-refractivity contribution in [2.75, 3.05) is 20.1 Å². The number of ketones is 1. The molecule has 0 fully saturated rings. The summed E-state index contributed by atoms with van der Waals surface area (Å²) in [6.45, 7) is 6.35. The lowest BCUT2D eigenvalue weighted by atomic mass is 9.98. The van der Waals surface area contributed by atoms with Crippen LogP contribution in [0.3, 0.4) is 0 Å². The van der Waals surface area contributed by atoms with Crippen LogP contribution < -0.4 is 23.7 Å². The van der Waals surface area contributed by atoms with Crippen molar-refractivity contribution in [3.8, 4) is 28.7 Å². The van der Waals surface area contributed by atoms with Gasteiger partial charge in [-0.25, -0.2) is 0 Å². The smallest absolute Gasteiger partial charge is 0.232 e. The SMILES string of the molecule is CCOc1ccccc1/C=C1\Oc2c3c(cc(C)c2C1=O)OCN(Cc1ccc2c(c1)OCO2)C3. The summed E-state index contributed by atoms with van der Waals surface area (Å²) in [5, 5.41) is 0. The Kier molecular flexibility index (Phi) is 5.34. The van der Waals surface area contributed by atoms with Gasteiger partial charge in [0, 0.05) is 18.7 Å². The van der Waals surface area contributed by atoms with E-state index in [4.69, 9.17) is 23.7 Å². The van der Waals surface area contributed by atoms with E-state index in [2.05, 4.69) is 4.90 Å². The second-order valence-electron chi connectivity index (χ2n) is 8.73. The number of carbonyl (C=O) groups is 1. The minimum atomic E-state index is -0.125. The van der Waals surface area contributed by atoms with Gasteiger partial charge in [0.25, 0.3) is 0 Å². The molecule has 3 aromatic rings. The molecule has 35 heavy (non-hydrogen) atoms. The first-order valence-electron chi connectivity index (χ1n) is 11.7. The average molecular weight is 472 g/mol. The number of allylic oxidation sites excluding steroid dienone is 1. The van der Waals surface area contributed by atoms with E-state index in [1.165, 1.54) is 0 Å². The summed E-state index contributed by atoms with van der Waals surface area (Å²) < 4.78 is 28.9. The first kappa shape index (κ1) is 21.6. The van der Waals surface area contributed by atoms with Crippen LogP contribution in [0.5, 0.6) is 28.7 Å². The van der Waals surface area contributed by atoms with Crippen molar-refractivity contribution in [1.29, 1.82) is 0 Å². The Morgan fingerprint density at radius 2 is 1.89 bits per heavy atom. The van der Waals surface area contributed by atoms with E-state index in [9.17, 15) is 4.79 Å². The second-order valence-corrected chi connectivity index (χ2v) is 8.73. The zero-order chi connectivity index (χ0) is 23.9. The molecule has 0 saturated carbocycles. The number of Topliss-reactive ketones (excluding diaryl/α,β-unsaturated/α-hetero) is 1. The molecule has 3 heterocycles. The van der Waals surface area contributed by atoms with Gasteiger partial charge in [-0.3, -0.25) is 9.69 Å². The lowest BCUT2D eigenvalue weighted by Gasteiger charge is -2.30. The van der Waals surface area contributed by atoms with Gasteiger partial charge < -0.3 is 23.7 Å². The van der Waals surface area contributed by atoms with Crippen molar-refractivity contribution >= 4 is 11.9 Å². The zero-order valence-corrected chi connectivity index (χ0v) is 19.6. The van der Waals surface area contributed by atoms with Crippen LogP contribution in [-0.2, 0) is 13.1 Å². The Bertz CT molecular complexity index is 1360. The van der Waals surface area contributed by atoms with Crippen LogP contribution >= 0.6 is 0 Å². The number of rotatable bonds is 5. The summed E-state index contributed by atoms with van der Waals surface area (Å²) in [5.74, 6) is 3.74. The summed E-state index contributed by atoms with van der Waals surface area (Å²) in [6.07, 6.45) is 1.76. The maximum absolute atomic E-state index is 13.3. The summed E-state index contributed by atoms with van der Waals surface area (Å²) in [7, 11) is 0. The van der Waals surface area contributed by atoms with E-state index in [-0.39, 0.29) is 18.3 Å². The molecule has 0 aromatic heterocycles. The highest BCUT2D eigenvalue weighted by Crippen LogP contribution is 2.44. The van der Waals surface area contributed by atoms with Crippen molar-refractivity contribution in [3.05, 3.63) is 82.1 Å². The fourth-order valence-corrected chi connectivity index (χ4v) is 4.70. The normalized spacial score (nSPS) is 17.1. The topological polar surface area (TPSA) is 66.5 Å². The molecule has 3 aliphatic rings. The van der Waals surface area contributed by atoms with Crippen LogP contribution in [0.1, 0.15) is 39.5 Å². The minimum absolute atomic E-state index is 0.125. The number of ether oxygens (including phenoxy) is 5. The van der Waals surface area contributed by atoms with Gasteiger partial charge in [0.2, 0.25) is 12.6 Å². The van der Waals surface area contributed by atoms with E-state index in [0.29, 0.717) is 43.5 Å². The van der Waals surface area contributed by atoms with E-state index in [0.717, 1.165) is 39.5 Å². The molecule has 0 aliphatic carbocycles. The standard InChI is InChI=1S/C28H25NO6/c1-3-31-21-7-5-4-6-19(21)12-25-27(30)26-17(2)10-23-20(28(26)35-25)14-29(15-32-23)13-18-8-9-22-24(11-18)34-16-33-22/h4-12H,3,13-16H2,1-2H3/b25-12-. The Morgan fingerprint density at radius 3 is 2.77 bits per heavy atom. The molecular formula is C28H25NO6. The third-order valence-corrected chi connectivity index (χ3v) is 6.34. The molecule has 6 rings (SSSR count). The molecule has 7 nitrogen and oxygen atoms in total. The van der Waals surface area contributed by atoms with Gasteiger partial charge in [-0.1, -0.05) is 24.3 Å². The Hall–Kier alpha value is -3.97. The molecule has 0 amide bonds. The Labute approximate surface area is 203 Å². The lowest BCUT2D eigenvalue weighted by molar-refractivity contribution is 0.0871. The minimum Gasteiger partial charge on any atom is -0.493 e. The maximum Gasteiger partial charge on any atom is 0.232 e. The number of nitrogens with zero attached hydrogens (tertiary/aromatic N) is 1. The summed E-state index contributed by atoms with van der Waals surface area (Å²) in [4.78, 5) is 15.5. The van der Waals surface area contributed by atoms with Crippen molar-refractivity contribution in [1.82, 2.24) is 4.90 Å². The number of hydrogen-bond donors (Lipinski definition) is 0. The molecule has 0 radical (unpaired) electrons. The monoisotopic (exact) mass is 471 g/mol. The fourth-order valence-electron chi connectivity index (χ4n) is 4.70. The first-order chi connectivity index (χ1) is 17.1. The van der Waals surface area contributed by atoms with Crippen LogP contribution in [0.15, 0.2) is 54.3 Å². The number of benzene rings is 3. The second kappa shape index (κ2) is 8.67. The fraction of sp³-hybridized carbons (Fsp3) is 0.250. The van der Waals surface area contributed by atoms with Gasteiger partial charge in [0.05, 0.1) is 17.7 Å². The van der Waals surface area contributed by atoms with Crippen molar-refractivity contribution < 1.29 is 28.5 Å². The quantitative estimate of drug-likeness (QED) is 0.480. The van der Waals surface area contributed by atoms with E-state index in [1.807, 2.05) is 62.4 Å². The number of hydrogen-bond acceptors (Lipinski definition) is 7. The number of fused-ring (bicyclic) bond motifs is 4. The van der Waals surface area contributed by atoms with Crippen molar-refractivity contribution in [2.45, 2.75) is 26.9 Å². The molecule has 0 N–H and O–H groups in total. The highest BCUT2D eigenvalue weighted by molar-refractivity contribution is 6.16. The molecule has 0 spiro atoms. The zero-order valence-electron chi connectivity index (χ0n) is 19.6. The number of para-hydroxylation sites is 1. The van der Waals surface area contributed by atoms with Crippen LogP contribution in [0.25, 0.3) is 6.08 Å². The third kappa shape index (κ3) is 3.88. The van der Waals surface area contributed by atoms with E-state index >= 15 is 0 Å². The largest absolute Gasteiger partial charge is 0.493 e. The van der Waals surface area contributed by atoms with E-state index < -0.39 is 0 Å². The molecule has 0 atom stereocenters. The number of aryl methyl sites for hydroxylation is 1. The predicted molar refractivity (Wildman–Crippen MR) is 129 cm³/mol. The van der Waals surface area contributed by atoms with Gasteiger partial charge in [0.1, 0.15) is 24.0 Å². The number of carbonyl (C=O) groups excluding carboxylic acids is 1. The van der Waals surface area contributed by atoms with Crippen LogP contribution in [0, 0.1) is 6.92 Å². The van der Waals surface area contributed by atoms with Gasteiger partial charge in [0.15, 0.2) is 17.3 Å². The van der Waals surface area contributed by atoms with Crippen LogP contribution in [-0.4, -0.2) is 30.8 Å². The highest BCUT2D eigenvalue weighted by Gasteiger charge is 2.35. The van der Waals surface area contributed by atoms with Crippen molar-refractivity contribution in [3.63, 3.8) is 0 Å². The molecule has 3 aliphatic heterocycles. The molecule has 0 unspecified atom stereocenters. The maximum atomic E-state index is 13.3. The Morgan fingerprint density at radius 1 is 1.03 bits per heavy atom. The molecule has 0 saturated heterocycles. The average Bonchev–Trinajstić information content (AvgIpc) is 3.45. The molecule has 178 valence electrons. The first-order valence-corrected chi connectivity index (χ1v) is 11.7. The molecule has 0 bridgehead atoms. The van der Waals surface area contributed by atoms with Gasteiger partial charge in [-0.15, -0.1) is 0 Å².